The molecule has 112 valence electrons. The maximum Gasteiger partial charge on any atom is 0.218 e. The number of guanidine groups is 2. The minimum Gasteiger partial charge on any atom is -0.394 e. The molecule has 1 spiro atoms. The fourth-order valence-electron chi connectivity index (χ4n) is 3.99. The first-order valence-electron chi connectivity index (χ1n) is 6.55. The molecule has 3 rings (SSSR count). The minimum absolute atomic E-state index is 0.113. The van der Waals surface area contributed by atoms with Gasteiger partial charge < -0.3 is 26.6 Å². The van der Waals surface area contributed by atoms with Crippen LogP contribution in [0, 0.1) is 0 Å². The quantitative estimate of drug-likeness (QED) is 0.361. The summed E-state index contributed by atoms with van der Waals surface area (Å²) in [7, 11) is 0. The van der Waals surface area contributed by atoms with Crippen LogP contribution in [0.15, 0.2) is 9.98 Å². The molecule has 3 aliphatic heterocycles. The third-order valence-electron chi connectivity index (χ3n) is 4.61. The van der Waals surface area contributed by atoms with Gasteiger partial charge in [-0.05, 0) is 13.8 Å². The van der Waals surface area contributed by atoms with Gasteiger partial charge in [0, 0.05) is 12.5 Å². The van der Waals surface area contributed by atoms with Crippen LogP contribution < -0.4 is 11.5 Å². The van der Waals surface area contributed by atoms with Gasteiger partial charge in [-0.1, -0.05) is 0 Å². The first-order chi connectivity index (χ1) is 9.27. The molecule has 0 aromatic rings. The molecule has 0 aromatic carbocycles. The van der Waals surface area contributed by atoms with Crippen molar-refractivity contribution in [3.05, 3.63) is 0 Å². The predicted octanol–water partition coefficient (Wildman–Crippen LogP) is -2.39. The number of nitrogens with zero attached hydrogens (tertiary/aromatic N) is 4. The molecule has 7 N–H and O–H groups in total. The molecule has 0 aromatic heterocycles. The summed E-state index contributed by atoms with van der Waals surface area (Å²) in [4.78, 5) is 10.1. The van der Waals surface area contributed by atoms with Crippen LogP contribution in [0.3, 0.4) is 0 Å². The van der Waals surface area contributed by atoms with E-state index >= 15 is 0 Å². The number of nitrogens with two attached hydrogens (primary N) is 2. The topological polar surface area (TPSA) is 144 Å². The van der Waals surface area contributed by atoms with E-state index in [4.69, 9.17) is 11.5 Å². The van der Waals surface area contributed by atoms with E-state index in [1.165, 1.54) is 0 Å². The monoisotopic (exact) mass is 284 g/mol. The van der Waals surface area contributed by atoms with Gasteiger partial charge in [0.2, 0.25) is 5.96 Å². The Balaban J connectivity index is 2.24. The molecule has 5 unspecified atom stereocenters. The van der Waals surface area contributed by atoms with Crippen molar-refractivity contribution in [2.45, 2.75) is 49.7 Å². The molecule has 0 amide bonds. The average molecular weight is 284 g/mol. The molecule has 0 bridgehead atoms. The SMILES string of the molecule is CC1CC(C)(O)C23C(N=C(N)N2O)C(CO)N=C(N)N13. The van der Waals surface area contributed by atoms with Gasteiger partial charge in [-0.2, -0.15) is 5.06 Å². The first-order valence-corrected chi connectivity index (χ1v) is 6.55. The molecule has 9 nitrogen and oxygen atoms in total. The zero-order valence-corrected chi connectivity index (χ0v) is 11.4. The summed E-state index contributed by atoms with van der Waals surface area (Å²) in [6.45, 7) is 3.20. The van der Waals surface area contributed by atoms with E-state index in [1.54, 1.807) is 11.8 Å². The van der Waals surface area contributed by atoms with Crippen LogP contribution >= 0.6 is 0 Å². The Labute approximate surface area is 116 Å². The molecule has 20 heavy (non-hydrogen) atoms. The van der Waals surface area contributed by atoms with Crippen LogP contribution in [0.25, 0.3) is 0 Å². The summed E-state index contributed by atoms with van der Waals surface area (Å²) in [5, 5.41) is 31.6. The third-order valence-corrected chi connectivity index (χ3v) is 4.61. The minimum atomic E-state index is -1.32. The molecule has 0 radical (unpaired) electrons. The number of aliphatic imine (C=N–C) groups is 2. The van der Waals surface area contributed by atoms with Crippen LogP contribution in [0.1, 0.15) is 20.3 Å². The van der Waals surface area contributed by atoms with Crippen molar-refractivity contribution in [3.8, 4) is 0 Å². The Kier molecular flexibility index (Phi) is 2.51. The van der Waals surface area contributed by atoms with Gasteiger partial charge in [0.15, 0.2) is 11.6 Å². The van der Waals surface area contributed by atoms with Crippen LogP contribution in [0.5, 0.6) is 0 Å². The summed E-state index contributed by atoms with van der Waals surface area (Å²) < 4.78 is 0. The summed E-state index contributed by atoms with van der Waals surface area (Å²) in [5.41, 5.74) is 9.07. The molecule has 9 heteroatoms. The molecule has 0 aliphatic carbocycles. The fourth-order valence-corrected chi connectivity index (χ4v) is 3.99. The van der Waals surface area contributed by atoms with E-state index in [9.17, 15) is 15.4 Å². The molecular weight excluding hydrogens is 264 g/mol. The number of hydrogen-bond donors (Lipinski definition) is 5. The standard InChI is InChI=1S/C11H20N6O3/c1-5-3-10(2,19)11-7(15-9(13)17(11)20)6(4-18)14-8(12)16(5)11/h5-7,18-20H,3-4H2,1-2H3,(H2,12,14)(H2,13,15). The summed E-state index contributed by atoms with van der Waals surface area (Å²) in [6, 6.07) is -1.49. The van der Waals surface area contributed by atoms with Gasteiger partial charge in [0.05, 0.1) is 6.61 Å². The Hall–Kier alpha value is -1.58. The van der Waals surface area contributed by atoms with Gasteiger partial charge >= 0.3 is 0 Å². The molecule has 1 fully saturated rings. The lowest BCUT2D eigenvalue weighted by molar-refractivity contribution is -0.218. The van der Waals surface area contributed by atoms with E-state index in [0.717, 1.165) is 5.06 Å². The maximum atomic E-state index is 10.9. The Morgan fingerprint density at radius 1 is 1.35 bits per heavy atom. The Bertz CT molecular complexity index is 506. The molecule has 5 atom stereocenters. The molecular formula is C11H20N6O3. The van der Waals surface area contributed by atoms with Crippen LogP contribution in [0.4, 0.5) is 0 Å². The Morgan fingerprint density at radius 3 is 2.60 bits per heavy atom. The molecule has 1 saturated heterocycles. The van der Waals surface area contributed by atoms with Gasteiger partial charge in [-0.3, -0.25) is 5.21 Å². The van der Waals surface area contributed by atoms with Crippen molar-refractivity contribution < 1.29 is 15.4 Å². The van der Waals surface area contributed by atoms with E-state index in [1.807, 2.05) is 6.92 Å². The highest BCUT2D eigenvalue weighted by Crippen LogP contribution is 2.51. The van der Waals surface area contributed by atoms with Crippen LogP contribution in [0.2, 0.25) is 0 Å². The highest BCUT2D eigenvalue weighted by atomic mass is 16.5. The van der Waals surface area contributed by atoms with Crippen molar-refractivity contribution in [2.75, 3.05) is 6.61 Å². The summed E-state index contributed by atoms with van der Waals surface area (Å²) >= 11 is 0. The average Bonchev–Trinajstić information content (AvgIpc) is 2.74. The predicted molar refractivity (Wildman–Crippen MR) is 70.8 cm³/mol. The molecule has 0 saturated carbocycles. The number of aliphatic hydroxyl groups excluding tert-OH is 1. The number of hydroxylamine groups is 2. The van der Waals surface area contributed by atoms with Gasteiger partial charge in [-0.15, -0.1) is 0 Å². The maximum absolute atomic E-state index is 10.9. The lowest BCUT2D eigenvalue weighted by atomic mass is 9.80. The number of aliphatic hydroxyl groups is 2. The Morgan fingerprint density at radius 2 is 2.00 bits per heavy atom. The van der Waals surface area contributed by atoms with Crippen LogP contribution in [-0.4, -0.2) is 73.3 Å². The van der Waals surface area contributed by atoms with Gasteiger partial charge in [-0.25, -0.2) is 9.98 Å². The van der Waals surface area contributed by atoms with Crippen molar-refractivity contribution in [1.29, 1.82) is 0 Å². The molecule has 3 heterocycles. The zero-order chi connectivity index (χ0) is 14.9. The zero-order valence-electron chi connectivity index (χ0n) is 11.4. The highest BCUT2D eigenvalue weighted by molar-refractivity contribution is 5.86. The highest BCUT2D eigenvalue weighted by Gasteiger charge is 2.73. The van der Waals surface area contributed by atoms with E-state index in [0.29, 0.717) is 6.42 Å². The number of hydrogen-bond acceptors (Lipinski definition) is 9. The smallest absolute Gasteiger partial charge is 0.218 e. The van der Waals surface area contributed by atoms with Gasteiger partial charge in [0.25, 0.3) is 0 Å². The second-order valence-corrected chi connectivity index (χ2v) is 5.90. The summed E-state index contributed by atoms with van der Waals surface area (Å²) in [5.74, 6) is 0.0484. The van der Waals surface area contributed by atoms with Crippen molar-refractivity contribution in [2.24, 2.45) is 21.5 Å². The second-order valence-electron chi connectivity index (χ2n) is 5.90. The first kappa shape index (κ1) is 13.4. The van der Waals surface area contributed by atoms with Crippen molar-refractivity contribution >= 4 is 11.9 Å². The van der Waals surface area contributed by atoms with Crippen molar-refractivity contribution in [1.82, 2.24) is 9.96 Å². The van der Waals surface area contributed by atoms with E-state index in [-0.39, 0.29) is 24.6 Å². The lowest BCUT2D eigenvalue weighted by Crippen LogP contribution is -2.76. The van der Waals surface area contributed by atoms with Crippen molar-refractivity contribution in [3.63, 3.8) is 0 Å². The normalized spacial score (nSPS) is 47.0. The van der Waals surface area contributed by atoms with E-state index < -0.39 is 23.3 Å². The largest absolute Gasteiger partial charge is 0.394 e. The van der Waals surface area contributed by atoms with Gasteiger partial charge in [0.1, 0.15) is 17.7 Å². The van der Waals surface area contributed by atoms with Crippen LogP contribution in [-0.2, 0) is 0 Å². The van der Waals surface area contributed by atoms with E-state index in [2.05, 4.69) is 9.98 Å². The molecule has 3 aliphatic rings. The fraction of sp³-hybridized carbons (Fsp3) is 0.818. The third kappa shape index (κ3) is 1.23. The second kappa shape index (κ2) is 3.74. The number of rotatable bonds is 1. The summed E-state index contributed by atoms with van der Waals surface area (Å²) in [6.07, 6.45) is 0.373. The lowest BCUT2D eigenvalue weighted by Gasteiger charge is -2.52.